The Bertz CT molecular complexity index is 771. The van der Waals surface area contributed by atoms with Crippen LogP contribution < -0.4 is 5.32 Å². The number of aromatic nitrogens is 3. The van der Waals surface area contributed by atoms with Gasteiger partial charge in [0.2, 0.25) is 5.91 Å². The Hall–Kier alpha value is -2.54. The van der Waals surface area contributed by atoms with Crippen molar-refractivity contribution in [3.8, 4) is 0 Å². The molecule has 7 heteroatoms. The average Bonchev–Trinajstić information content (AvgIpc) is 3.26. The van der Waals surface area contributed by atoms with Crippen molar-refractivity contribution in [2.75, 3.05) is 0 Å². The second-order valence-corrected chi connectivity index (χ2v) is 6.59. The van der Waals surface area contributed by atoms with Crippen LogP contribution in [0.1, 0.15) is 18.2 Å². The number of amides is 1. The molecule has 0 spiro atoms. The van der Waals surface area contributed by atoms with Crippen LogP contribution in [-0.2, 0) is 17.9 Å². The van der Waals surface area contributed by atoms with Crippen molar-refractivity contribution >= 4 is 17.7 Å². The zero-order valence-electron chi connectivity index (χ0n) is 13.3. The first-order valence-corrected chi connectivity index (χ1v) is 8.49. The topological polar surface area (TPSA) is 73.0 Å². The first-order chi connectivity index (χ1) is 11.7. The summed E-state index contributed by atoms with van der Waals surface area (Å²) >= 11 is 1.38. The SMILES string of the molecule is CC(Sc1nncn1Cc1ccco1)C(=O)NCc1ccccc1. The maximum absolute atomic E-state index is 12.3. The van der Waals surface area contributed by atoms with Crippen LogP contribution >= 0.6 is 11.8 Å². The number of furan rings is 1. The number of benzene rings is 1. The van der Waals surface area contributed by atoms with Gasteiger partial charge >= 0.3 is 0 Å². The molecule has 0 radical (unpaired) electrons. The summed E-state index contributed by atoms with van der Waals surface area (Å²) in [7, 11) is 0. The van der Waals surface area contributed by atoms with Gasteiger partial charge in [0.15, 0.2) is 5.16 Å². The van der Waals surface area contributed by atoms with Crippen LogP contribution in [0.2, 0.25) is 0 Å². The van der Waals surface area contributed by atoms with Crippen molar-refractivity contribution in [2.24, 2.45) is 0 Å². The molecule has 1 amide bonds. The molecule has 0 aliphatic carbocycles. The molecule has 1 atom stereocenters. The number of nitrogens with one attached hydrogen (secondary N) is 1. The van der Waals surface area contributed by atoms with Crippen LogP contribution in [0.15, 0.2) is 64.6 Å². The summed E-state index contributed by atoms with van der Waals surface area (Å²) in [5.74, 6) is 0.786. The Kier molecular flexibility index (Phi) is 5.32. The summed E-state index contributed by atoms with van der Waals surface area (Å²) in [5, 5.41) is 11.4. The molecule has 1 aromatic carbocycles. The van der Waals surface area contributed by atoms with Crippen LogP contribution in [0.4, 0.5) is 0 Å². The van der Waals surface area contributed by atoms with Gasteiger partial charge in [-0.25, -0.2) is 0 Å². The van der Waals surface area contributed by atoms with E-state index in [2.05, 4.69) is 15.5 Å². The smallest absolute Gasteiger partial charge is 0.233 e. The van der Waals surface area contributed by atoms with Gasteiger partial charge in [0.05, 0.1) is 18.1 Å². The molecule has 0 fully saturated rings. The highest BCUT2D eigenvalue weighted by Gasteiger charge is 2.18. The zero-order chi connectivity index (χ0) is 16.8. The summed E-state index contributed by atoms with van der Waals surface area (Å²) in [6, 6.07) is 13.6. The minimum atomic E-state index is -0.270. The quantitative estimate of drug-likeness (QED) is 0.668. The lowest BCUT2D eigenvalue weighted by atomic mass is 10.2. The molecule has 1 N–H and O–H groups in total. The predicted octanol–water partition coefficient (Wildman–Crippen LogP) is 2.72. The molecule has 24 heavy (non-hydrogen) atoms. The molecule has 2 aromatic heterocycles. The van der Waals surface area contributed by atoms with Crippen LogP contribution in [-0.4, -0.2) is 25.9 Å². The van der Waals surface area contributed by atoms with Crippen LogP contribution in [0.5, 0.6) is 0 Å². The van der Waals surface area contributed by atoms with Crippen LogP contribution in [0.3, 0.4) is 0 Å². The van der Waals surface area contributed by atoms with Gasteiger partial charge in [-0.3, -0.25) is 4.79 Å². The minimum absolute atomic E-state index is 0.0311. The monoisotopic (exact) mass is 342 g/mol. The largest absolute Gasteiger partial charge is 0.467 e. The van der Waals surface area contributed by atoms with Crippen molar-refractivity contribution in [1.29, 1.82) is 0 Å². The van der Waals surface area contributed by atoms with E-state index in [0.717, 1.165) is 11.3 Å². The van der Waals surface area contributed by atoms with E-state index >= 15 is 0 Å². The summed E-state index contributed by atoms with van der Waals surface area (Å²) in [6.07, 6.45) is 3.27. The standard InChI is InChI=1S/C17H18N4O2S/c1-13(16(22)18-10-14-6-3-2-4-7-14)24-17-20-19-12-21(17)11-15-8-5-9-23-15/h2-9,12-13H,10-11H2,1H3,(H,18,22). The molecule has 3 rings (SSSR count). The molecule has 124 valence electrons. The third kappa shape index (κ3) is 4.26. The Morgan fingerprint density at radius 1 is 1.29 bits per heavy atom. The fourth-order valence-electron chi connectivity index (χ4n) is 2.15. The summed E-state index contributed by atoms with van der Waals surface area (Å²) in [6.45, 7) is 2.92. The summed E-state index contributed by atoms with van der Waals surface area (Å²) in [5.41, 5.74) is 1.07. The number of thioether (sulfide) groups is 1. The third-order valence-corrected chi connectivity index (χ3v) is 4.54. The van der Waals surface area contributed by atoms with Gasteiger partial charge < -0.3 is 14.3 Å². The molecule has 0 aliphatic rings. The van der Waals surface area contributed by atoms with Gasteiger partial charge in [0.1, 0.15) is 12.1 Å². The average molecular weight is 342 g/mol. The van der Waals surface area contributed by atoms with Crippen molar-refractivity contribution < 1.29 is 9.21 Å². The Morgan fingerprint density at radius 2 is 2.12 bits per heavy atom. The van der Waals surface area contributed by atoms with E-state index in [4.69, 9.17) is 4.42 Å². The summed E-state index contributed by atoms with van der Waals surface area (Å²) in [4.78, 5) is 12.3. The molecule has 1 unspecified atom stereocenters. The highest BCUT2D eigenvalue weighted by atomic mass is 32.2. The number of rotatable bonds is 7. The predicted molar refractivity (Wildman–Crippen MR) is 91.4 cm³/mol. The molecule has 0 saturated heterocycles. The first-order valence-electron chi connectivity index (χ1n) is 7.61. The normalized spacial score (nSPS) is 12.0. The number of carbonyl (C=O) groups excluding carboxylic acids is 1. The lowest BCUT2D eigenvalue weighted by Gasteiger charge is -2.12. The van der Waals surface area contributed by atoms with Gasteiger partial charge in [0, 0.05) is 6.54 Å². The van der Waals surface area contributed by atoms with Gasteiger partial charge in [-0.2, -0.15) is 0 Å². The van der Waals surface area contributed by atoms with E-state index in [0.29, 0.717) is 18.2 Å². The van der Waals surface area contributed by atoms with Gasteiger partial charge in [0.25, 0.3) is 0 Å². The van der Waals surface area contributed by atoms with Crippen molar-refractivity contribution in [2.45, 2.75) is 30.4 Å². The number of hydrogen-bond donors (Lipinski definition) is 1. The number of hydrogen-bond acceptors (Lipinski definition) is 5. The zero-order valence-corrected chi connectivity index (χ0v) is 14.1. The maximum atomic E-state index is 12.3. The second kappa shape index (κ2) is 7.83. The Labute approximate surface area is 144 Å². The summed E-state index contributed by atoms with van der Waals surface area (Å²) < 4.78 is 7.20. The van der Waals surface area contributed by atoms with E-state index in [1.807, 2.05) is 54.0 Å². The van der Waals surface area contributed by atoms with Gasteiger partial charge in [-0.15, -0.1) is 10.2 Å². The molecule has 6 nitrogen and oxygen atoms in total. The molecule has 0 bridgehead atoms. The van der Waals surface area contributed by atoms with E-state index in [9.17, 15) is 4.79 Å². The fraction of sp³-hybridized carbons (Fsp3) is 0.235. The van der Waals surface area contributed by atoms with E-state index in [1.165, 1.54) is 11.8 Å². The highest BCUT2D eigenvalue weighted by Crippen LogP contribution is 2.22. The molecular weight excluding hydrogens is 324 g/mol. The molecule has 0 saturated carbocycles. The molecular formula is C17H18N4O2S. The van der Waals surface area contributed by atoms with Gasteiger partial charge in [-0.1, -0.05) is 42.1 Å². The highest BCUT2D eigenvalue weighted by molar-refractivity contribution is 8.00. The van der Waals surface area contributed by atoms with Crippen molar-refractivity contribution in [3.05, 3.63) is 66.4 Å². The van der Waals surface area contributed by atoms with Gasteiger partial charge in [-0.05, 0) is 24.6 Å². The molecule has 3 aromatic rings. The number of nitrogens with zero attached hydrogens (tertiary/aromatic N) is 3. The van der Waals surface area contributed by atoms with Crippen LogP contribution in [0, 0.1) is 0 Å². The lowest BCUT2D eigenvalue weighted by Crippen LogP contribution is -2.30. The van der Waals surface area contributed by atoms with E-state index in [-0.39, 0.29) is 11.2 Å². The maximum Gasteiger partial charge on any atom is 0.233 e. The number of carbonyl (C=O) groups is 1. The Morgan fingerprint density at radius 3 is 2.88 bits per heavy atom. The minimum Gasteiger partial charge on any atom is -0.467 e. The second-order valence-electron chi connectivity index (χ2n) is 5.28. The van der Waals surface area contributed by atoms with Crippen molar-refractivity contribution in [1.82, 2.24) is 20.1 Å². The third-order valence-electron chi connectivity index (χ3n) is 3.45. The van der Waals surface area contributed by atoms with E-state index < -0.39 is 0 Å². The Balaban J connectivity index is 1.55. The van der Waals surface area contributed by atoms with E-state index in [1.54, 1.807) is 12.6 Å². The lowest BCUT2D eigenvalue weighted by molar-refractivity contribution is -0.120. The molecule has 2 heterocycles. The van der Waals surface area contributed by atoms with Crippen LogP contribution in [0.25, 0.3) is 0 Å². The molecule has 0 aliphatic heterocycles. The van der Waals surface area contributed by atoms with Crippen molar-refractivity contribution in [3.63, 3.8) is 0 Å². The fourth-order valence-corrected chi connectivity index (χ4v) is 3.00. The first kappa shape index (κ1) is 16.3.